The first-order valence-electron chi connectivity index (χ1n) is 14.7. The number of benzene rings is 2. The number of allylic oxidation sites excluding steroid dienone is 4. The molecule has 4 aliphatic rings. The fourth-order valence-corrected chi connectivity index (χ4v) is 7.79. The zero-order valence-electron chi connectivity index (χ0n) is 24.7. The first-order valence-corrected chi connectivity index (χ1v) is 16.3. The monoisotopic (exact) mass is 701 g/mol. The minimum absolute atomic E-state index is 0.142. The number of carbonyl (C=O) groups is 3. The highest BCUT2D eigenvalue weighted by molar-refractivity contribution is 9.10. The molecular weight excluding hydrogens is 669 g/mol. The van der Waals surface area contributed by atoms with Crippen molar-refractivity contribution < 1.29 is 23.9 Å². The van der Waals surface area contributed by atoms with Crippen molar-refractivity contribution in [2.45, 2.75) is 63.2 Å². The number of fused-ring (bicyclic) bond motifs is 2. The van der Waals surface area contributed by atoms with Crippen LogP contribution < -0.4 is 15.4 Å². The number of anilines is 1. The van der Waals surface area contributed by atoms with Gasteiger partial charge in [0.15, 0.2) is 0 Å². The minimum Gasteiger partial charge on any atom is -0.488 e. The molecule has 2 unspecified atom stereocenters. The first-order chi connectivity index (χ1) is 20.8. The Hall–Kier alpha value is -3.01. The third-order valence-corrected chi connectivity index (χ3v) is 9.77. The number of likely N-dealkylation sites (tertiary alicyclic amines) is 1. The van der Waals surface area contributed by atoms with Crippen molar-refractivity contribution in [3.8, 4) is 5.75 Å². The van der Waals surface area contributed by atoms with Crippen molar-refractivity contribution in [3.63, 3.8) is 0 Å². The van der Waals surface area contributed by atoms with Crippen molar-refractivity contribution in [3.05, 3.63) is 80.3 Å². The molecular formula is C33H34BrCl2N3O5. The van der Waals surface area contributed by atoms with Crippen LogP contribution >= 0.6 is 39.1 Å². The lowest BCUT2D eigenvalue weighted by atomic mass is 9.57. The van der Waals surface area contributed by atoms with E-state index >= 15 is 0 Å². The van der Waals surface area contributed by atoms with Crippen LogP contribution in [-0.4, -0.2) is 47.6 Å². The largest absolute Gasteiger partial charge is 0.488 e. The van der Waals surface area contributed by atoms with Gasteiger partial charge in [-0.05, 0) is 81.0 Å². The van der Waals surface area contributed by atoms with E-state index in [1.54, 1.807) is 17.0 Å². The van der Waals surface area contributed by atoms with Gasteiger partial charge in [0.05, 0.1) is 12.6 Å². The van der Waals surface area contributed by atoms with Crippen molar-refractivity contribution >= 4 is 62.7 Å². The molecule has 3 aliphatic heterocycles. The number of ether oxygens (including phenoxy) is 2. The van der Waals surface area contributed by atoms with Gasteiger partial charge in [0.1, 0.15) is 22.9 Å². The second-order valence-electron chi connectivity index (χ2n) is 12.8. The topological polar surface area (TPSA) is 97.0 Å². The van der Waals surface area contributed by atoms with E-state index in [9.17, 15) is 14.4 Å². The molecule has 1 aliphatic carbocycles. The van der Waals surface area contributed by atoms with E-state index in [0.717, 1.165) is 10.0 Å². The number of carbonyl (C=O) groups excluding carboxylic acids is 3. The third kappa shape index (κ3) is 5.74. The Bertz CT molecular complexity index is 1590. The number of nitrogens with zero attached hydrogens (tertiary/aromatic N) is 1. The second kappa shape index (κ2) is 11.7. The van der Waals surface area contributed by atoms with Crippen LogP contribution in [0.2, 0.25) is 5.02 Å². The summed E-state index contributed by atoms with van der Waals surface area (Å²) in [6, 6.07) is 10.2. The van der Waals surface area contributed by atoms with E-state index in [1.165, 1.54) is 0 Å². The Morgan fingerprint density at radius 1 is 1.11 bits per heavy atom. The Morgan fingerprint density at radius 2 is 1.91 bits per heavy atom. The van der Waals surface area contributed by atoms with E-state index in [4.69, 9.17) is 32.7 Å². The molecule has 8 nitrogen and oxygen atoms in total. The summed E-state index contributed by atoms with van der Waals surface area (Å²) in [5, 5.41) is 7.44. The normalized spacial score (nSPS) is 28.0. The number of hydrogen-bond donors (Lipinski definition) is 2. The molecule has 0 saturated carbocycles. The van der Waals surface area contributed by atoms with Crippen LogP contribution in [0.25, 0.3) is 0 Å². The summed E-state index contributed by atoms with van der Waals surface area (Å²) >= 11 is 16.5. The lowest BCUT2D eigenvalue weighted by Crippen LogP contribution is -2.59. The van der Waals surface area contributed by atoms with Crippen LogP contribution in [0.1, 0.15) is 57.2 Å². The Kier molecular flexibility index (Phi) is 8.26. The van der Waals surface area contributed by atoms with Crippen molar-refractivity contribution in [1.82, 2.24) is 10.2 Å². The number of amides is 3. The Morgan fingerprint density at radius 3 is 2.66 bits per heavy atom. The van der Waals surface area contributed by atoms with Gasteiger partial charge in [0.25, 0.3) is 0 Å². The first kappa shape index (κ1) is 31.0. The smallest absolute Gasteiger partial charge is 0.410 e. The third-order valence-electron chi connectivity index (χ3n) is 8.76. The van der Waals surface area contributed by atoms with Crippen LogP contribution in [0.3, 0.4) is 0 Å². The summed E-state index contributed by atoms with van der Waals surface area (Å²) in [7, 11) is 0. The van der Waals surface area contributed by atoms with Crippen molar-refractivity contribution in [2.75, 3.05) is 18.4 Å². The molecule has 3 amide bonds. The lowest BCUT2D eigenvalue weighted by molar-refractivity contribution is -0.135. The molecule has 2 saturated heterocycles. The van der Waals surface area contributed by atoms with Crippen molar-refractivity contribution in [1.29, 1.82) is 0 Å². The summed E-state index contributed by atoms with van der Waals surface area (Å²) in [6.07, 6.45) is 6.36. The average Bonchev–Trinajstić information content (AvgIpc) is 3.52. The van der Waals surface area contributed by atoms with Gasteiger partial charge >= 0.3 is 6.09 Å². The van der Waals surface area contributed by atoms with Gasteiger partial charge in [-0.15, -0.1) is 0 Å². The maximum Gasteiger partial charge on any atom is 0.410 e. The van der Waals surface area contributed by atoms with Gasteiger partial charge in [-0.1, -0.05) is 57.4 Å². The fourth-order valence-electron chi connectivity index (χ4n) is 6.99. The number of nitrogens with one attached hydrogen (secondary N) is 2. The highest BCUT2D eigenvalue weighted by atomic mass is 79.9. The van der Waals surface area contributed by atoms with Gasteiger partial charge in [0, 0.05) is 45.2 Å². The predicted molar refractivity (Wildman–Crippen MR) is 173 cm³/mol. The zero-order valence-corrected chi connectivity index (χ0v) is 27.8. The van der Waals surface area contributed by atoms with Gasteiger partial charge in [-0.3, -0.25) is 9.59 Å². The van der Waals surface area contributed by atoms with Crippen LogP contribution in [0.4, 0.5) is 10.5 Å². The number of halogens is 3. The number of piperidine rings is 1. The number of rotatable bonds is 4. The highest BCUT2D eigenvalue weighted by Gasteiger charge is 2.62. The van der Waals surface area contributed by atoms with Gasteiger partial charge < -0.3 is 25.0 Å². The van der Waals surface area contributed by atoms with E-state index in [0.29, 0.717) is 53.0 Å². The molecule has 0 radical (unpaired) electrons. The molecule has 44 heavy (non-hydrogen) atoms. The van der Waals surface area contributed by atoms with E-state index in [1.807, 2.05) is 63.3 Å². The summed E-state index contributed by atoms with van der Waals surface area (Å²) in [5.41, 5.74) is 0.260. The fraction of sp³-hybridized carbons (Fsp3) is 0.424. The Balaban J connectivity index is 1.42. The molecule has 2 fully saturated rings. The molecule has 6 rings (SSSR count). The van der Waals surface area contributed by atoms with Crippen molar-refractivity contribution in [2.24, 2.45) is 11.8 Å². The van der Waals surface area contributed by atoms with Crippen LogP contribution in [0.5, 0.6) is 5.75 Å². The molecule has 1 spiro atoms. The Labute approximate surface area is 275 Å². The van der Waals surface area contributed by atoms with E-state index in [2.05, 4.69) is 26.6 Å². The SMILES string of the molecule is CC(C)(C)OC(=O)N1CCC(Oc2ccc(Br)cc2[C@@H]2NC(=O)C[C@@H](C3C=CC=C(Cl)C3)[C@]23C(=O)Nc2cc(Cl)ccc23)C1. The second-order valence-corrected chi connectivity index (χ2v) is 14.7. The average molecular weight is 703 g/mol. The highest BCUT2D eigenvalue weighted by Crippen LogP contribution is 2.58. The zero-order chi connectivity index (χ0) is 31.4. The quantitative estimate of drug-likeness (QED) is 0.350. The molecule has 5 atom stereocenters. The molecule has 2 aromatic rings. The van der Waals surface area contributed by atoms with Crippen LogP contribution in [-0.2, 0) is 19.7 Å². The molecule has 0 aromatic heterocycles. The van der Waals surface area contributed by atoms with Crippen LogP contribution in [0.15, 0.2) is 64.1 Å². The molecule has 11 heteroatoms. The van der Waals surface area contributed by atoms with Gasteiger partial charge in [0.2, 0.25) is 11.8 Å². The van der Waals surface area contributed by atoms with Crippen LogP contribution in [0, 0.1) is 11.8 Å². The maximum atomic E-state index is 14.4. The molecule has 232 valence electrons. The molecule has 2 N–H and O–H groups in total. The number of hydrogen-bond acceptors (Lipinski definition) is 5. The molecule has 3 heterocycles. The summed E-state index contributed by atoms with van der Waals surface area (Å²) in [4.78, 5) is 42.3. The summed E-state index contributed by atoms with van der Waals surface area (Å²) in [6.45, 7) is 6.36. The van der Waals surface area contributed by atoms with E-state index in [-0.39, 0.29) is 36.4 Å². The van der Waals surface area contributed by atoms with Gasteiger partial charge in [-0.2, -0.15) is 0 Å². The maximum absolute atomic E-state index is 14.4. The summed E-state index contributed by atoms with van der Waals surface area (Å²) in [5.74, 6) is -0.429. The van der Waals surface area contributed by atoms with E-state index < -0.39 is 23.0 Å². The standard InChI is InChI=1S/C33H34BrCl2N3O5/c1-32(2,3)44-31(42)39-12-11-22(17-39)43-27-10-7-19(34)14-23(27)29-33(24-9-8-21(36)15-26(24)37-30(33)41)25(16-28(40)38-29)18-5-4-6-20(35)13-18/h4-10,14-15,18,22,25,29H,11-13,16-17H2,1-3H3,(H,37,41)(H,38,40)/t18?,22?,25-,29-,33-/m0/s1. The lowest BCUT2D eigenvalue weighted by Gasteiger charge is -2.49. The minimum atomic E-state index is -1.19. The van der Waals surface area contributed by atoms with Gasteiger partial charge in [-0.25, -0.2) is 4.79 Å². The summed E-state index contributed by atoms with van der Waals surface area (Å²) < 4.78 is 12.9. The molecule has 0 bridgehead atoms. The predicted octanol–water partition coefficient (Wildman–Crippen LogP) is 7.26. The molecule has 2 aromatic carbocycles.